The maximum absolute atomic E-state index is 11.7. The molecule has 1 atom stereocenters. The topological polar surface area (TPSA) is 49.3 Å². The van der Waals surface area contributed by atoms with Crippen LogP contribution in [0.5, 0.6) is 5.75 Å². The van der Waals surface area contributed by atoms with Gasteiger partial charge in [0.2, 0.25) is 5.91 Å². The lowest BCUT2D eigenvalue weighted by Gasteiger charge is -2.12. The number of phenols is 1. The summed E-state index contributed by atoms with van der Waals surface area (Å²) < 4.78 is 0. The van der Waals surface area contributed by atoms with Crippen molar-refractivity contribution in [3.63, 3.8) is 0 Å². The van der Waals surface area contributed by atoms with Crippen molar-refractivity contribution in [1.82, 2.24) is 5.32 Å². The molecule has 16 heavy (non-hydrogen) atoms. The van der Waals surface area contributed by atoms with Crippen LogP contribution < -0.4 is 5.32 Å². The molecule has 0 aliphatic heterocycles. The molecule has 0 spiro atoms. The van der Waals surface area contributed by atoms with Gasteiger partial charge in [-0.1, -0.05) is 12.1 Å². The molecule has 0 bridgehead atoms. The van der Waals surface area contributed by atoms with Crippen LogP contribution in [0.15, 0.2) is 24.3 Å². The minimum Gasteiger partial charge on any atom is -0.508 e. The van der Waals surface area contributed by atoms with Crippen molar-refractivity contribution in [2.75, 3.05) is 0 Å². The molecule has 2 N–H and O–H groups in total. The van der Waals surface area contributed by atoms with Gasteiger partial charge in [0.15, 0.2) is 0 Å². The molecule has 1 aromatic carbocycles. The summed E-state index contributed by atoms with van der Waals surface area (Å²) in [7, 11) is 0. The van der Waals surface area contributed by atoms with Crippen LogP contribution in [0.4, 0.5) is 0 Å². The molecule has 0 heterocycles. The molecular weight excluding hydrogens is 202 g/mol. The van der Waals surface area contributed by atoms with E-state index in [-0.39, 0.29) is 17.7 Å². The predicted octanol–water partition coefficient (Wildman–Crippen LogP) is 1.85. The zero-order valence-electron chi connectivity index (χ0n) is 9.44. The van der Waals surface area contributed by atoms with Crippen molar-refractivity contribution in [3.05, 3.63) is 29.8 Å². The Morgan fingerprint density at radius 2 is 2.31 bits per heavy atom. The molecule has 1 aromatic rings. The monoisotopic (exact) mass is 219 g/mol. The number of phenolic OH excluding ortho intramolecular Hbond substituents is 1. The lowest BCUT2D eigenvalue weighted by Crippen LogP contribution is -2.35. The van der Waals surface area contributed by atoms with E-state index in [1.54, 1.807) is 18.2 Å². The van der Waals surface area contributed by atoms with Crippen LogP contribution in [-0.2, 0) is 11.2 Å². The van der Waals surface area contributed by atoms with Crippen LogP contribution in [0.2, 0.25) is 0 Å². The Morgan fingerprint density at radius 3 is 2.94 bits per heavy atom. The highest BCUT2D eigenvalue weighted by Crippen LogP contribution is 2.32. The van der Waals surface area contributed by atoms with Gasteiger partial charge in [-0.3, -0.25) is 4.79 Å². The standard InChI is InChI=1S/C13H17NO2/c1-9(11-5-6-11)14-13(16)8-10-3-2-4-12(15)7-10/h2-4,7,9,11,15H,5-6,8H2,1H3,(H,14,16). The van der Waals surface area contributed by atoms with E-state index < -0.39 is 0 Å². The summed E-state index contributed by atoms with van der Waals surface area (Å²) in [5, 5.41) is 12.3. The minimum absolute atomic E-state index is 0.0324. The summed E-state index contributed by atoms with van der Waals surface area (Å²) in [5.74, 6) is 0.915. The third-order valence-corrected chi connectivity index (χ3v) is 2.99. The highest BCUT2D eigenvalue weighted by molar-refractivity contribution is 5.79. The number of amides is 1. The summed E-state index contributed by atoms with van der Waals surface area (Å²) in [6, 6.07) is 7.11. The highest BCUT2D eigenvalue weighted by Gasteiger charge is 2.28. The predicted molar refractivity (Wildman–Crippen MR) is 62.1 cm³/mol. The average Bonchev–Trinajstić information content (AvgIpc) is 2.99. The van der Waals surface area contributed by atoms with Crippen molar-refractivity contribution in [2.24, 2.45) is 5.92 Å². The Hall–Kier alpha value is -1.51. The van der Waals surface area contributed by atoms with Crippen molar-refractivity contribution < 1.29 is 9.90 Å². The molecule has 3 heteroatoms. The molecule has 0 saturated heterocycles. The van der Waals surface area contributed by atoms with Gasteiger partial charge in [0.1, 0.15) is 5.75 Å². The van der Waals surface area contributed by atoms with E-state index in [4.69, 9.17) is 0 Å². The van der Waals surface area contributed by atoms with Crippen LogP contribution in [0.3, 0.4) is 0 Å². The van der Waals surface area contributed by atoms with Gasteiger partial charge in [0.25, 0.3) is 0 Å². The smallest absolute Gasteiger partial charge is 0.224 e. The molecule has 1 unspecified atom stereocenters. The van der Waals surface area contributed by atoms with E-state index in [2.05, 4.69) is 12.2 Å². The van der Waals surface area contributed by atoms with Crippen molar-refractivity contribution in [1.29, 1.82) is 0 Å². The van der Waals surface area contributed by atoms with Crippen LogP contribution >= 0.6 is 0 Å². The lowest BCUT2D eigenvalue weighted by atomic mass is 10.1. The van der Waals surface area contributed by atoms with Gasteiger partial charge in [-0.05, 0) is 43.4 Å². The fraction of sp³-hybridized carbons (Fsp3) is 0.462. The number of hydrogen-bond donors (Lipinski definition) is 2. The first-order chi connectivity index (χ1) is 7.65. The van der Waals surface area contributed by atoms with E-state index in [1.807, 2.05) is 6.07 Å². The normalized spacial score (nSPS) is 16.8. The molecule has 1 amide bonds. The van der Waals surface area contributed by atoms with E-state index in [9.17, 15) is 9.90 Å². The summed E-state index contributed by atoms with van der Waals surface area (Å²) in [6.45, 7) is 2.05. The summed E-state index contributed by atoms with van der Waals surface area (Å²) in [6.07, 6.45) is 2.80. The van der Waals surface area contributed by atoms with Gasteiger partial charge in [-0.15, -0.1) is 0 Å². The molecule has 1 fully saturated rings. The van der Waals surface area contributed by atoms with Crippen molar-refractivity contribution >= 4 is 5.91 Å². The second-order valence-corrected chi connectivity index (χ2v) is 4.54. The zero-order chi connectivity index (χ0) is 11.5. The van der Waals surface area contributed by atoms with Gasteiger partial charge in [-0.25, -0.2) is 0 Å². The Morgan fingerprint density at radius 1 is 1.56 bits per heavy atom. The molecule has 86 valence electrons. The number of rotatable bonds is 4. The Bertz CT molecular complexity index is 385. The Balaban J connectivity index is 1.86. The van der Waals surface area contributed by atoms with Gasteiger partial charge in [-0.2, -0.15) is 0 Å². The molecule has 2 rings (SSSR count). The maximum atomic E-state index is 11.7. The zero-order valence-corrected chi connectivity index (χ0v) is 9.44. The minimum atomic E-state index is 0.0324. The summed E-state index contributed by atoms with van der Waals surface area (Å²) in [4.78, 5) is 11.7. The molecule has 1 aliphatic rings. The molecular formula is C13H17NO2. The fourth-order valence-electron chi connectivity index (χ4n) is 1.87. The van der Waals surface area contributed by atoms with E-state index in [1.165, 1.54) is 12.8 Å². The van der Waals surface area contributed by atoms with E-state index in [0.29, 0.717) is 12.3 Å². The SMILES string of the molecule is CC(NC(=O)Cc1cccc(O)c1)C1CC1. The Labute approximate surface area is 95.5 Å². The summed E-state index contributed by atoms with van der Waals surface area (Å²) >= 11 is 0. The molecule has 3 nitrogen and oxygen atoms in total. The Kier molecular flexibility index (Phi) is 3.13. The van der Waals surface area contributed by atoms with Crippen LogP contribution in [0, 0.1) is 5.92 Å². The first kappa shape index (κ1) is 11.0. The number of benzene rings is 1. The number of aromatic hydroxyl groups is 1. The molecule has 0 radical (unpaired) electrons. The third kappa shape index (κ3) is 2.99. The van der Waals surface area contributed by atoms with Gasteiger partial charge in [0, 0.05) is 6.04 Å². The second kappa shape index (κ2) is 4.56. The van der Waals surface area contributed by atoms with Crippen LogP contribution in [0.25, 0.3) is 0 Å². The average molecular weight is 219 g/mol. The van der Waals surface area contributed by atoms with Gasteiger partial charge >= 0.3 is 0 Å². The highest BCUT2D eigenvalue weighted by atomic mass is 16.3. The third-order valence-electron chi connectivity index (χ3n) is 2.99. The molecule has 1 saturated carbocycles. The molecule has 0 aromatic heterocycles. The largest absolute Gasteiger partial charge is 0.508 e. The number of carbonyl (C=O) groups is 1. The maximum Gasteiger partial charge on any atom is 0.224 e. The van der Waals surface area contributed by atoms with E-state index in [0.717, 1.165) is 5.56 Å². The second-order valence-electron chi connectivity index (χ2n) is 4.54. The first-order valence-corrected chi connectivity index (χ1v) is 5.72. The lowest BCUT2D eigenvalue weighted by molar-refractivity contribution is -0.121. The first-order valence-electron chi connectivity index (χ1n) is 5.72. The molecule has 1 aliphatic carbocycles. The fourth-order valence-corrected chi connectivity index (χ4v) is 1.87. The van der Waals surface area contributed by atoms with E-state index >= 15 is 0 Å². The van der Waals surface area contributed by atoms with Gasteiger partial charge in [0.05, 0.1) is 6.42 Å². The quantitative estimate of drug-likeness (QED) is 0.812. The van der Waals surface area contributed by atoms with Crippen LogP contribution in [-0.4, -0.2) is 17.1 Å². The van der Waals surface area contributed by atoms with Crippen molar-refractivity contribution in [3.8, 4) is 5.75 Å². The number of hydrogen-bond acceptors (Lipinski definition) is 2. The van der Waals surface area contributed by atoms with Crippen molar-refractivity contribution in [2.45, 2.75) is 32.2 Å². The van der Waals surface area contributed by atoms with Crippen LogP contribution in [0.1, 0.15) is 25.3 Å². The van der Waals surface area contributed by atoms with Gasteiger partial charge < -0.3 is 10.4 Å². The summed E-state index contributed by atoms with van der Waals surface area (Å²) in [5.41, 5.74) is 0.848. The number of nitrogens with one attached hydrogen (secondary N) is 1. The number of carbonyl (C=O) groups excluding carboxylic acids is 1.